The number of nitrogens with one attached hydrogen (secondary N) is 2. The van der Waals surface area contributed by atoms with Crippen LogP contribution in [0.1, 0.15) is 36.6 Å². The minimum Gasteiger partial charge on any atom is -0.355 e. The smallest absolute Gasteiger partial charge is 0.355 e. The van der Waals surface area contributed by atoms with Gasteiger partial charge in [0.25, 0.3) is 0 Å². The number of hydrogen-bond donors (Lipinski definition) is 2. The molecule has 0 radical (unpaired) electrons. The lowest BCUT2D eigenvalue weighted by atomic mass is 9.93. The Morgan fingerprint density at radius 2 is 1.72 bits per heavy atom. The second-order valence-corrected chi connectivity index (χ2v) is 6.66. The second kappa shape index (κ2) is 7.87. The molecule has 0 aromatic heterocycles. The van der Waals surface area contributed by atoms with Gasteiger partial charge in [0.2, 0.25) is 0 Å². The third-order valence-electron chi connectivity index (χ3n) is 3.92. The Kier molecular flexibility index (Phi) is 6.06. The maximum atomic E-state index is 12.8. The van der Waals surface area contributed by atoms with E-state index >= 15 is 0 Å². The number of hydrogen-bond acceptors (Lipinski definition) is 1. The summed E-state index contributed by atoms with van der Waals surface area (Å²) < 4.78 is 38.4. The average molecular weight is 366 g/mol. The monoisotopic (exact) mass is 366 g/mol. The molecular weight excluding hydrogens is 345 g/mol. The predicted octanol–water partition coefficient (Wildman–Crippen LogP) is 5.70. The van der Waals surface area contributed by atoms with E-state index in [2.05, 4.69) is 24.5 Å². The van der Waals surface area contributed by atoms with Crippen LogP contribution in [0.2, 0.25) is 0 Å². The number of rotatable bonds is 4. The van der Waals surface area contributed by atoms with Gasteiger partial charge in [-0.2, -0.15) is 13.2 Å². The highest BCUT2D eigenvalue weighted by molar-refractivity contribution is 7.80. The summed E-state index contributed by atoms with van der Waals surface area (Å²) in [5, 5.41) is 6.36. The van der Waals surface area contributed by atoms with Gasteiger partial charge in [0.05, 0.1) is 11.6 Å². The van der Waals surface area contributed by atoms with Crippen molar-refractivity contribution in [3.63, 3.8) is 0 Å². The van der Waals surface area contributed by atoms with E-state index in [1.807, 2.05) is 31.2 Å². The van der Waals surface area contributed by atoms with Crippen LogP contribution in [0.4, 0.5) is 18.9 Å². The Labute approximate surface area is 151 Å². The van der Waals surface area contributed by atoms with Crippen LogP contribution in [0.5, 0.6) is 0 Å². The molecule has 2 aromatic carbocycles. The molecule has 0 heterocycles. The number of anilines is 1. The minimum absolute atomic E-state index is 0.0352. The molecule has 1 atom stereocenters. The van der Waals surface area contributed by atoms with Gasteiger partial charge < -0.3 is 10.6 Å². The second-order valence-electron chi connectivity index (χ2n) is 6.26. The first-order valence-electron chi connectivity index (χ1n) is 7.99. The fourth-order valence-electron chi connectivity index (χ4n) is 2.62. The SMILES string of the molecule is Cc1ccccc1C(NC(=S)Nc1cccc(C(F)(F)F)c1)C(C)C. The minimum atomic E-state index is -4.38. The molecule has 0 aliphatic heterocycles. The van der Waals surface area contributed by atoms with Crippen molar-refractivity contribution < 1.29 is 13.2 Å². The van der Waals surface area contributed by atoms with Crippen molar-refractivity contribution in [2.45, 2.75) is 33.0 Å². The lowest BCUT2D eigenvalue weighted by molar-refractivity contribution is -0.137. The van der Waals surface area contributed by atoms with Crippen LogP contribution in [0.15, 0.2) is 48.5 Å². The number of aryl methyl sites for hydroxylation is 1. The molecule has 0 aliphatic carbocycles. The molecule has 6 heteroatoms. The summed E-state index contributed by atoms with van der Waals surface area (Å²) in [6.07, 6.45) is -4.38. The Balaban J connectivity index is 2.14. The third kappa shape index (κ3) is 5.19. The van der Waals surface area contributed by atoms with Crippen molar-refractivity contribution in [2.24, 2.45) is 5.92 Å². The van der Waals surface area contributed by atoms with E-state index in [4.69, 9.17) is 12.2 Å². The molecule has 2 nitrogen and oxygen atoms in total. The molecule has 0 amide bonds. The lowest BCUT2D eigenvalue weighted by Gasteiger charge is -2.26. The summed E-state index contributed by atoms with van der Waals surface area (Å²) in [6, 6.07) is 12.9. The molecule has 0 saturated carbocycles. The van der Waals surface area contributed by atoms with Gasteiger partial charge in [-0.05, 0) is 54.4 Å². The zero-order valence-electron chi connectivity index (χ0n) is 14.3. The van der Waals surface area contributed by atoms with Gasteiger partial charge in [-0.25, -0.2) is 0 Å². The summed E-state index contributed by atoms with van der Waals surface area (Å²) >= 11 is 5.31. The quantitative estimate of drug-likeness (QED) is 0.679. The molecule has 0 aliphatic rings. The van der Waals surface area contributed by atoms with Crippen LogP contribution in [0, 0.1) is 12.8 Å². The van der Waals surface area contributed by atoms with Crippen LogP contribution in [0.3, 0.4) is 0 Å². The van der Waals surface area contributed by atoms with E-state index < -0.39 is 11.7 Å². The molecule has 2 rings (SSSR count). The fourth-order valence-corrected chi connectivity index (χ4v) is 2.87. The highest BCUT2D eigenvalue weighted by Crippen LogP contribution is 2.31. The fraction of sp³-hybridized carbons (Fsp3) is 0.316. The first kappa shape index (κ1) is 19.2. The summed E-state index contributed by atoms with van der Waals surface area (Å²) in [6.45, 7) is 6.16. The van der Waals surface area contributed by atoms with Crippen molar-refractivity contribution in [2.75, 3.05) is 5.32 Å². The molecule has 0 spiro atoms. The molecule has 0 saturated heterocycles. The lowest BCUT2D eigenvalue weighted by Crippen LogP contribution is -2.35. The first-order valence-corrected chi connectivity index (χ1v) is 8.39. The van der Waals surface area contributed by atoms with Gasteiger partial charge in [0.15, 0.2) is 5.11 Å². The zero-order chi connectivity index (χ0) is 18.6. The molecule has 0 fully saturated rings. The van der Waals surface area contributed by atoms with E-state index in [1.54, 1.807) is 6.07 Å². The van der Waals surface area contributed by atoms with Gasteiger partial charge >= 0.3 is 6.18 Å². The van der Waals surface area contributed by atoms with Gasteiger partial charge in [0.1, 0.15) is 0 Å². The molecule has 25 heavy (non-hydrogen) atoms. The predicted molar refractivity (Wildman–Crippen MR) is 99.6 cm³/mol. The van der Waals surface area contributed by atoms with Crippen LogP contribution < -0.4 is 10.6 Å². The molecule has 1 unspecified atom stereocenters. The van der Waals surface area contributed by atoms with Crippen molar-refractivity contribution in [1.29, 1.82) is 0 Å². The first-order chi connectivity index (χ1) is 11.7. The molecule has 2 aromatic rings. The number of alkyl halides is 3. The molecule has 2 N–H and O–H groups in total. The Bertz CT molecular complexity index is 741. The number of halogens is 3. The Morgan fingerprint density at radius 3 is 2.32 bits per heavy atom. The highest BCUT2D eigenvalue weighted by atomic mass is 32.1. The van der Waals surface area contributed by atoms with Crippen molar-refractivity contribution in [3.05, 3.63) is 65.2 Å². The van der Waals surface area contributed by atoms with Crippen LogP contribution in [-0.4, -0.2) is 5.11 Å². The van der Waals surface area contributed by atoms with E-state index in [9.17, 15) is 13.2 Å². The van der Waals surface area contributed by atoms with E-state index in [1.165, 1.54) is 6.07 Å². The van der Waals surface area contributed by atoms with Crippen molar-refractivity contribution in [3.8, 4) is 0 Å². The van der Waals surface area contributed by atoms with Crippen molar-refractivity contribution >= 4 is 23.0 Å². The normalized spacial score (nSPS) is 12.8. The largest absolute Gasteiger partial charge is 0.416 e. The zero-order valence-corrected chi connectivity index (χ0v) is 15.1. The summed E-state index contributed by atoms with van der Waals surface area (Å²) in [5.41, 5.74) is 1.85. The van der Waals surface area contributed by atoms with Crippen LogP contribution in [0.25, 0.3) is 0 Å². The van der Waals surface area contributed by atoms with Gasteiger partial charge in [-0.1, -0.05) is 44.2 Å². The topological polar surface area (TPSA) is 24.1 Å². The summed E-state index contributed by atoms with van der Waals surface area (Å²) in [4.78, 5) is 0. The average Bonchev–Trinajstić information content (AvgIpc) is 2.52. The van der Waals surface area contributed by atoms with Gasteiger partial charge in [-0.15, -0.1) is 0 Å². The molecule has 0 bridgehead atoms. The molecular formula is C19H21F3N2S. The maximum absolute atomic E-state index is 12.8. The number of thiocarbonyl (C=S) groups is 1. The highest BCUT2D eigenvalue weighted by Gasteiger charge is 2.30. The standard InChI is InChI=1S/C19H21F3N2S/c1-12(2)17(16-10-5-4-7-13(16)3)24-18(25)23-15-9-6-8-14(11-15)19(20,21)22/h4-12,17H,1-3H3,(H2,23,24,25). The van der Waals surface area contributed by atoms with Crippen molar-refractivity contribution in [1.82, 2.24) is 5.32 Å². The van der Waals surface area contributed by atoms with Gasteiger partial charge in [-0.3, -0.25) is 0 Å². The van der Waals surface area contributed by atoms with Gasteiger partial charge in [0, 0.05) is 5.69 Å². The Morgan fingerprint density at radius 1 is 1.04 bits per heavy atom. The van der Waals surface area contributed by atoms with E-state index in [0.29, 0.717) is 10.8 Å². The van der Waals surface area contributed by atoms with E-state index in [-0.39, 0.29) is 12.0 Å². The maximum Gasteiger partial charge on any atom is 0.416 e. The summed E-state index contributed by atoms with van der Waals surface area (Å²) in [5.74, 6) is 0.252. The van der Waals surface area contributed by atoms with E-state index in [0.717, 1.165) is 23.3 Å². The molecule has 134 valence electrons. The third-order valence-corrected chi connectivity index (χ3v) is 4.14. The summed E-state index contributed by atoms with van der Waals surface area (Å²) in [7, 11) is 0. The Hall–Kier alpha value is -2.08. The number of benzene rings is 2. The van der Waals surface area contributed by atoms with Crippen LogP contribution >= 0.6 is 12.2 Å². The van der Waals surface area contributed by atoms with Crippen LogP contribution in [-0.2, 0) is 6.18 Å².